The lowest BCUT2D eigenvalue weighted by molar-refractivity contribution is -0.171. The lowest BCUT2D eigenvalue weighted by atomic mass is 10.2. The van der Waals surface area contributed by atoms with Crippen LogP contribution in [0.25, 0.3) is 0 Å². The van der Waals surface area contributed by atoms with Gasteiger partial charge in [-0.2, -0.15) is 0 Å². The van der Waals surface area contributed by atoms with Crippen LogP contribution >= 0.6 is 0 Å². The zero-order valence-corrected chi connectivity index (χ0v) is 14.7. The molecule has 0 aliphatic carbocycles. The number of ether oxygens (including phenoxy) is 4. The monoisotopic (exact) mass is 352 g/mol. The van der Waals surface area contributed by atoms with Crippen molar-refractivity contribution in [2.45, 2.75) is 46.5 Å². The third-order valence-electron chi connectivity index (χ3n) is 3.00. The van der Waals surface area contributed by atoms with Crippen LogP contribution in [0, 0.1) is 5.92 Å². The normalized spacial score (nSPS) is 11.5. The molecule has 0 bridgehead atoms. The van der Waals surface area contributed by atoms with Crippen LogP contribution < -0.4 is 0 Å². The number of hydrogen-bond acceptors (Lipinski definition) is 7. The second-order valence-electron chi connectivity index (χ2n) is 5.63. The Labute approximate surface area is 147 Å². The molecule has 7 nitrogen and oxygen atoms in total. The first-order valence-electron chi connectivity index (χ1n) is 8.12. The van der Waals surface area contributed by atoms with Crippen molar-refractivity contribution in [2.24, 2.45) is 5.92 Å². The van der Waals surface area contributed by atoms with Crippen LogP contribution in [0.1, 0.15) is 39.2 Å². The minimum absolute atomic E-state index is 0.00408. The van der Waals surface area contributed by atoms with Crippen molar-refractivity contribution < 1.29 is 33.3 Å². The number of carbonyl (C=O) groups is 3. The second-order valence-corrected chi connectivity index (χ2v) is 5.63. The van der Waals surface area contributed by atoms with Gasteiger partial charge in [-0.3, -0.25) is 9.59 Å². The molecule has 0 N–H and O–H groups in total. The van der Waals surface area contributed by atoms with Crippen molar-refractivity contribution in [1.82, 2.24) is 0 Å². The van der Waals surface area contributed by atoms with E-state index >= 15 is 0 Å². The molecule has 1 atom stereocenters. The van der Waals surface area contributed by atoms with Gasteiger partial charge in [0.05, 0.1) is 12.5 Å². The molecule has 1 aromatic rings. The van der Waals surface area contributed by atoms with E-state index in [0.717, 1.165) is 5.56 Å². The molecule has 0 fully saturated rings. The van der Waals surface area contributed by atoms with Crippen LogP contribution in [-0.2, 0) is 35.1 Å². The Bertz CT molecular complexity index is 554. The van der Waals surface area contributed by atoms with Gasteiger partial charge in [0.1, 0.15) is 6.61 Å². The van der Waals surface area contributed by atoms with E-state index in [-0.39, 0.29) is 31.5 Å². The summed E-state index contributed by atoms with van der Waals surface area (Å²) in [6, 6.07) is 9.33. The summed E-state index contributed by atoms with van der Waals surface area (Å²) in [5.74, 6) is -1.16. The molecule has 0 saturated heterocycles. The largest absolute Gasteiger partial charge is 0.511 e. The van der Waals surface area contributed by atoms with E-state index in [1.54, 1.807) is 13.8 Å². The Kier molecular flexibility index (Phi) is 9.06. The van der Waals surface area contributed by atoms with Crippen molar-refractivity contribution >= 4 is 18.1 Å². The minimum Gasteiger partial charge on any atom is -0.461 e. The molecule has 0 heterocycles. The molecule has 138 valence electrons. The van der Waals surface area contributed by atoms with Crippen LogP contribution in [0.3, 0.4) is 0 Å². The van der Waals surface area contributed by atoms with Crippen molar-refractivity contribution in [3.05, 3.63) is 35.9 Å². The Balaban J connectivity index is 2.10. The first-order valence-corrected chi connectivity index (χ1v) is 8.12. The quantitative estimate of drug-likeness (QED) is 0.292. The number of carbonyl (C=O) groups excluding carboxylic acids is 3. The number of rotatable bonds is 9. The number of benzene rings is 1. The predicted molar refractivity (Wildman–Crippen MR) is 88.3 cm³/mol. The molecule has 0 aromatic heterocycles. The first kappa shape index (κ1) is 20.5. The zero-order chi connectivity index (χ0) is 18.7. The minimum atomic E-state index is -1.03. The van der Waals surface area contributed by atoms with Gasteiger partial charge >= 0.3 is 18.1 Å². The molecule has 25 heavy (non-hydrogen) atoms. The fraction of sp³-hybridized carbons (Fsp3) is 0.500. The Morgan fingerprint density at radius 2 is 1.64 bits per heavy atom. The van der Waals surface area contributed by atoms with E-state index < -0.39 is 18.4 Å². The fourth-order valence-corrected chi connectivity index (χ4v) is 1.68. The maximum atomic E-state index is 11.6. The van der Waals surface area contributed by atoms with E-state index in [2.05, 4.69) is 0 Å². The summed E-state index contributed by atoms with van der Waals surface area (Å²) in [5.41, 5.74) is 0.903. The smallest absolute Gasteiger partial charge is 0.461 e. The highest BCUT2D eigenvalue weighted by molar-refractivity contribution is 5.71. The van der Waals surface area contributed by atoms with Gasteiger partial charge in [0.2, 0.25) is 6.29 Å². The van der Waals surface area contributed by atoms with Gasteiger partial charge in [-0.25, -0.2) is 4.79 Å². The first-order chi connectivity index (χ1) is 11.9. The van der Waals surface area contributed by atoms with Crippen LogP contribution in [0.5, 0.6) is 0 Å². The molecule has 0 aliphatic heterocycles. The topological polar surface area (TPSA) is 88.1 Å². The van der Waals surface area contributed by atoms with E-state index in [1.165, 1.54) is 6.92 Å². The van der Waals surface area contributed by atoms with Gasteiger partial charge in [-0.15, -0.1) is 0 Å². The lowest BCUT2D eigenvalue weighted by Crippen LogP contribution is -2.24. The highest BCUT2D eigenvalue weighted by Gasteiger charge is 2.17. The van der Waals surface area contributed by atoms with Crippen LogP contribution in [0.4, 0.5) is 4.79 Å². The van der Waals surface area contributed by atoms with E-state index in [0.29, 0.717) is 6.42 Å². The Hall–Kier alpha value is -2.57. The van der Waals surface area contributed by atoms with Gasteiger partial charge in [-0.1, -0.05) is 44.2 Å². The Morgan fingerprint density at radius 1 is 0.960 bits per heavy atom. The highest BCUT2D eigenvalue weighted by Crippen LogP contribution is 2.05. The molecular weight excluding hydrogens is 328 g/mol. The summed E-state index contributed by atoms with van der Waals surface area (Å²) in [6.07, 6.45) is -1.55. The van der Waals surface area contributed by atoms with Crippen LogP contribution in [0.15, 0.2) is 30.3 Å². The zero-order valence-electron chi connectivity index (χ0n) is 14.7. The molecule has 0 aliphatic rings. The summed E-state index contributed by atoms with van der Waals surface area (Å²) >= 11 is 0. The lowest BCUT2D eigenvalue weighted by Gasteiger charge is -2.15. The van der Waals surface area contributed by atoms with Gasteiger partial charge in [0.15, 0.2) is 0 Å². The average molecular weight is 352 g/mol. The van der Waals surface area contributed by atoms with Crippen LogP contribution in [0.2, 0.25) is 0 Å². The van der Waals surface area contributed by atoms with Gasteiger partial charge in [0, 0.05) is 13.3 Å². The van der Waals surface area contributed by atoms with Crippen LogP contribution in [-0.4, -0.2) is 31.0 Å². The third-order valence-corrected chi connectivity index (χ3v) is 3.00. The van der Waals surface area contributed by atoms with Crippen molar-refractivity contribution in [1.29, 1.82) is 0 Å². The predicted octanol–water partition coefficient (Wildman–Crippen LogP) is 3.21. The summed E-state index contributed by atoms with van der Waals surface area (Å²) in [4.78, 5) is 34.3. The molecule has 0 amide bonds. The maximum absolute atomic E-state index is 11.6. The highest BCUT2D eigenvalue weighted by atomic mass is 16.8. The summed E-state index contributed by atoms with van der Waals surface area (Å²) in [6.45, 7) is 4.97. The summed E-state index contributed by atoms with van der Waals surface area (Å²) < 4.78 is 19.5. The second kappa shape index (κ2) is 11.1. The molecule has 0 spiro atoms. The number of hydrogen-bond donors (Lipinski definition) is 0. The molecule has 0 radical (unpaired) electrons. The van der Waals surface area contributed by atoms with E-state index in [9.17, 15) is 14.4 Å². The molecule has 1 aromatic carbocycles. The van der Waals surface area contributed by atoms with Crippen molar-refractivity contribution in [2.75, 3.05) is 6.61 Å². The maximum Gasteiger partial charge on any atom is 0.511 e. The molecule has 1 unspecified atom stereocenters. The molecular formula is C18H24O7. The fourth-order valence-electron chi connectivity index (χ4n) is 1.68. The Morgan fingerprint density at radius 3 is 2.28 bits per heavy atom. The van der Waals surface area contributed by atoms with Crippen molar-refractivity contribution in [3.63, 3.8) is 0 Å². The number of esters is 2. The summed E-state index contributed by atoms with van der Waals surface area (Å²) in [7, 11) is 0. The molecule has 1 rings (SSSR count). The summed E-state index contributed by atoms with van der Waals surface area (Å²) in [5, 5.41) is 0. The van der Waals surface area contributed by atoms with Gasteiger partial charge < -0.3 is 18.9 Å². The third kappa shape index (κ3) is 9.34. The standard InChI is InChI=1S/C18H24O7/c1-13(2)17(20)24-14(3)25-18(21)22-11-7-10-16(19)23-12-15-8-5-4-6-9-15/h4-6,8-9,13-14H,7,10-12H2,1-3H3. The van der Waals surface area contributed by atoms with E-state index in [1.807, 2.05) is 30.3 Å². The van der Waals surface area contributed by atoms with E-state index in [4.69, 9.17) is 18.9 Å². The SMILES string of the molecule is CC(OC(=O)OCCCC(=O)OCc1ccccc1)OC(=O)C(C)C. The van der Waals surface area contributed by atoms with Gasteiger partial charge in [-0.05, 0) is 12.0 Å². The average Bonchev–Trinajstić information content (AvgIpc) is 2.57. The molecule has 7 heteroatoms. The van der Waals surface area contributed by atoms with Gasteiger partial charge in [0.25, 0.3) is 0 Å². The van der Waals surface area contributed by atoms with Crippen molar-refractivity contribution in [3.8, 4) is 0 Å². The molecule has 0 saturated carbocycles.